The molecule has 5 heteroatoms. The zero-order valence-electron chi connectivity index (χ0n) is 10.7. The van der Waals surface area contributed by atoms with E-state index in [-0.39, 0.29) is 5.56 Å². The van der Waals surface area contributed by atoms with Crippen LogP contribution in [0, 0.1) is 0 Å². The first kappa shape index (κ1) is 13.8. The van der Waals surface area contributed by atoms with Gasteiger partial charge in [-0.05, 0) is 46.5 Å². The smallest absolute Gasteiger partial charge is 0.267 e. The van der Waals surface area contributed by atoms with E-state index in [9.17, 15) is 4.79 Å². The summed E-state index contributed by atoms with van der Waals surface area (Å²) in [4.78, 5) is 18.0. The third kappa shape index (κ3) is 3.67. The number of unbranched alkanes of at least 4 members (excludes halogenated alkanes) is 1. The van der Waals surface area contributed by atoms with Crippen molar-refractivity contribution in [3.63, 3.8) is 0 Å². The van der Waals surface area contributed by atoms with Crippen molar-refractivity contribution >= 4 is 27.4 Å². The first-order valence-corrected chi connectivity index (χ1v) is 7.09. The van der Waals surface area contributed by atoms with E-state index in [1.165, 1.54) is 24.7 Å². The van der Waals surface area contributed by atoms with Crippen molar-refractivity contribution in [3.8, 4) is 0 Å². The normalized spacial score (nSPS) is 10.4. The fourth-order valence-corrected chi connectivity index (χ4v) is 2.06. The lowest BCUT2D eigenvalue weighted by atomic mass is 10.1. The quantitative estimate of drug-likeness (QED) is 0.884. The van der Waals surface area contributed by atoms with Crippen molar-refractivity contribution < 1.29 is 0 Å². The molecule has 0 atom stereocenters. The molecule has 0 aliphatic heterocycles. The van der Waals surface area contributed by atoms with Crippen LogP contribution in [0.2, 0.25) is 0 Å². The average Bonchev–Trinajstić information content (AvgIpc) is 2.43. The highest BCUT2D eigenvalue weighted by Gasteiger charge is 2.05. The van der Waals surface area contributed by atoms with Gasteiger partial charge in [0.15, 0.2) is 5.82 Å². The largest absolute Gasteiger partial charge is 0.339 e. The summed E-state index contributed by atoms with van der Waals surface area (Å²) in [6, 6.07) is 8.19. The van der Waals surface area contributed by atoms with Crippen molar-refractivity contribution in [1.82, 2.24) is 9.97 Å². The molecule has 1 aromatic heterocycles. The second-order valence-corrected chi connectivity index (χ2v) is 5.11. The number of hydrogen-bond acceptors (Lipinski definition) is 3. The third-order valence-electron chi connectivity index (χ3n) is 2.83. The van der Waals surface area contributed by atoms with Gasteiger partial charge in [0.1, 0.15) is 4.47 Å². The van der Waals surface area contributed by atoms with Crippen LogP contribution in [0.4, 0.5) is 11.5 Å². The van der Waals surface area contributed by atoms with Crippen LogP contribution >= 0.6 is 15.9 Å². The van der Waals surface area contributed by atoms with Gasteiger partial charge in [-0.25, -0.2) is 4.98 Å². The second-order valence-electron chi connectivity index (χ2n) is 4.32. The highest BCUT2D eigenvalue weighted by Crippen LogP contribution is 2.20. The van der Waals surface area contributed by atoms with Gasteiger partial charge in [-0.2, -0.15) is 0 Å². The van der Waals surface area contributed by atoms with Crippen LogP contribution in [0.25, 0.3) is 0 Å². The van der Waals surface area contributed by atoms with Gasteiger partial charge in [0.25, 0.3) is 5.56 Å². The number of H-pyrrole nitrogens is 1. The minimum Gasteiger partial charge on any atom is -0.339 e. The van der Waals surface area contributed by atoms with E-state index in [2.05, 4.69) is 50.3 Å². The number of aromatic nitrogens is 2. The van der Waals surface area contributed by atoms with Crippen molar-refractivity contribution in [2.24, 2.45) is 0 Å². The Morgan fingerprint density at radius 3 is 2.74 bits per heavy atom. The standard InChI is InChI=1S/C14H16BrN3O/c1-2-3-4-10-5-7-11(8-6-10)18-13-12(15)14(19)17-9-16-13/h5-9H,2-4H2,1H3,(H2,16,17,18,19). The van der Waals surface area contributed by atoms with E-state index in [0.717, 1.165) is 12.1 Å². The van der Waals surface area contributed by atoms with Crippen LogP contribution in [0.15, 0.2) is 39.9 Å². The molecule has 1 aromatic carbocycles. The Morgan fingerprint density at radius 2 is 2.05 bits per heavy atom. The zero-order chi connectivity index (χ0) is 13.7. The number of benzene rings is 1. The minimum atomic E-state index is -0.197. The van der Waals surface area contributed by atoms with Gasteiger partial charge >= 0.3 is 0 Å². The molecule has 0 unspecified atom stereocenters. The SMILES string of the molecule is CCCCc1ccc(Nc2nc[nH]c(=O)c2Br)cc1. The molecule has 4 nitrogen and oxygen atoms in total. The van der Waals surface area contributed by atoms with E-state index in [4.69, 9.17) is 0 Å². The predicted molar refractivity (Wildman–Crippen MR) is 80.9 cm³/mol. The van der Waals surface area contributed by atoms with Gasteiger partial charge in [-0.15, -0.1) is 0 Å². The summed E-state index contributed by atoms with van der Waals surface area (Å²) in [5.74, 6) is 0.519. The Labute approximate surface area is 120 Å². The highest BCUT2D eigenvalue weighted by molar-refractivity contribution is 9.10. The molecule has 100 valence electrons. The third-order valence-corrected chi connectivity index (χ3v) is 3.57. The highest BCUT2D eigenvalue weighted by atomic mass is 79.9. The van der Waals surface area contributed by atoms with Gasteiger partial charge in [0, 0.05) is 5.69 Å². The number of hydrogen-bond donors (Lipinski definition) is 2. The van der Waals surface area contributed by atoms with Crippen molar-refractivity contribution in [2.45, 2.75) is 26.2 Å². The molecule has 0 saturated carbocycles. The molecule has 2 rings (SSSR count). The Hall–Kier alpha value is -1.62. The molecule has 0 aliphatic carbocycles. The lowest BCUT2D eigenvalue weighted by Crippen LogP contribution is -2.09. The molecule has 0 radical (unpaired) electrons. The first-order valence-electron chi connectivity index (χ1n) is 6.30. The van der Waals surface area contributed by atoms with E-state index in [1.54, 1.807) is 0 Å². The lowest BCUT2D eigenvalue weighted by Gasteiger charge is -2.07. The van der Waals surface area contributed by atoms with Crippen LogP contribution in [-0.4, -0.2) is 9.97 Å². The molecule has 0 saturated heterocycles. The lowest BCUT2D eigenvalue weighted by molar-refractivity contribution is 0.795. The maximum Gasteiger partial charge on any atom is 0.267 e. The number of aromatic amines is 1. The number of aryl methyl sites for hydroxylation is 1. The monoisotopic (exact) mass is 321 g/mol. The fourth-order valence-electron chi connectivity index (χ4n) is 1.74. The van der Waals surface area contributed by atoms with Crippen molar-refractivity contribution in [3.05, 3.63) is 51.0 Å². The number of rotatable bonds is 5. The maximum absolute atomic E-state index is 11.4. The second kappa shape index (κ2) is 6.52. The molecule has 0 spiro atoms. The molecule has 0 fully saturated rings. The van der Waals surface area contributed by atoms with Crippen LogP contribution in [0.5, 0.6) is 0 Å². The molecule has 2 N–H and O–H groups in total. The topological polar surface area (TPSA) is 57.8 Å². The van der Waals surface area contributed by atoms with Gasteiger partial charge in [0.05, 0.1) is 6.33 Å². The summed E-state index contributed by atoms with van der Waals surface area (Å²) in [5.41, 5.74) is 2.04. The van der Waals surface area contributed by atoms with Gasteiger partial charge in [-0.1, -0.05) is 25.5 Å². The van der Waals surface area contributed by atoms with E-state index >= 15 is 0 Å². The van der Waals surface area contributed by atoms with E-state index in [0.29, 0.717) is 10.3 Å². The summed E-state index contributed by atoms with van der Waals surface area (Å²) >= 11 is 3.22. The Morgan fingerprint density at radius 1 is 1.32 bits per heavy atom. The van der Waals surface area contributed by atoms with Crippen LogP contribution in [0.1, 0.15) is 25.3 Å². The Bertz CT molecular complexity index is 592. The van der Waals surface area contributed by atoms with Crippen LogP contribution in [-0.2, 0) is 6.42 Å². The van der Waals surface area contributed by atoms with E-state index in [1.807, 2.05) is 12.1 Å². The molecular formula is C14H16BrN3O. The van der Waals surface area contributed by atoms with Gasteiger partial charge < -0.3 is 10.3 Å². The number of halogens is 1. The predicted octanol–water partition coefficient (Wildman–Crippen LogP) is 3.62. The van der Waals surface area contributed by atoms with Crippen LogP contribution < -0.4 is 10.9 Å². The summed E-state index contributed by atoms with van der Waals surface area (Å²) in [6.07, 6.45) is 4.88. The average molecular weight is 322 g/mol. The summed E-state index contributed by atoms with van der Waals surface area (Å²) in [6.45, 7) is 2.19. The van der Waals surface area contributed by atoms with Gasteiger partial charge in [-0.3, -0.25) is 4.79 Å². The van der Waals surface area contributed by atoms with E-state index < -0.39 is 0 Å². The number of anilines is 2. The van der Waals surface area contributed by atoms with Crippen molar-refractivity contribution in [1.29, 1.82) is 0 Å². The minimum absolute atomic E-state index is 0.197. The number of nitrogens with zero attached hydrogens (tertiary/aromatic N) is 1. The zero-order valence-corrected chi connectivity index (χ0v) is 12.3. The summed E-state index contributed by atoms with van der Waals surface area (Å²) in [7, 11) is 0. The summed E-state index contributed by atoms with van der Waals surface area (Å²) in [5, 5.41) is 3.12. The molecule has 1 heterocycles. The maximum atomic E-state index is 11.4. The molecule has 2 aromatic rings. The molecule has 19 heavy (non-hydrogen) atoms. The molecule has 0 amide bonds. The molecular weight excluding hydrogens is 306 g/mol. The summed E-state index contributed by atoms with van der Waals surface area (Å²) < 4.78 is 0.407. The van der Waals surface area contributed by atoms with Crippen LogP contribution in [0.3, 0.4) is 0 Å². The Kier molecular flexibility index (Phi) is 4.74. The molecule has 0 aliphatic rings. The van der Waals surface area contributed by atoms with Gasteiger partial charge in [0.2, 0.25) is 0 Å². The number of nitrogens with one attached hydrogen (secondary N) is 2. The first-order chi connectivity index (χ1) is 9.20. The Balaban J connectivity index is 2.11. The van der Waals surface area contributed by atoms with Crippen molar-refractivity contribution in [2.75, 3.05) is 5.32 Å². The fraction of sp³-hybridized carbons (Fsp3) is 0.286. The molecule has 0 bridgehead atoms.